The second-order valence-electron chi connectivity index (χ2n) is 6.82. The van der Waals surface area contributed by atoms with Crippen molar-refractivity contribution in [2.45, 2.75) is 50.7 Å². The van der Waals surface area contributed by atoms with E-state index in [0.717, 1.165) is 23.7 Å². The Labute approximate surface area is 150 Å². The maximum absolute atomic E-state index is 12.2. The fourth-order valence-corrected chi connectivity index (χ4v) is 5.24. The van der Waals surface area contributed by atoms with Gasteiger partial charge in [0.15, 0.2) is 0 Å². The van der Waals surface area contributed by atoms with Crippen LogP contribution < -0.4 is 11.1 Å². The molecule has 1 aliphatic carbocycles. The molecular weight excluding hydrogens is 336 g/mol. The molecule has 140 valence electrons. The molecule has 0 aromatic carbocycles. The summed E-state index contributed by atoms with van der Waals surface area (Å²) in [5, 5.41) is 3.05. The molecule has 0 spiro atoms. The number of nitrogens with zero attached hydrogens (tertiary/aromatic N) is 1. The zero-order valence-corrected chi connectivity index (χ0v) is 16.2. The summed E-state index contributed by atoms with van der Waals surface area (Å²) in [6.07, 6.45) is 7.54. The number of rotatable bonds is 13. The number of hydrogen-bond acceptors (Lipinski definition) is 5. The molecule has 1 aliphatic rings. The van der Waals surface area contributed by atoms with Crippen LogP contribution in [-0.4, -0.2) is 55.9 Å². The highest BCUT2D eigenvalue weighted by Gasteiger charge is 2.25. The minimum atomic E-state index is -1.33. The van der Waals surface area contributed by atoms with Crippen molar-refractivity contribution in [3.63, 3.8) is 0 Å². The topological polar surface area (TPSA) is 110 Å². The fraction of sp³-hybridized carbons (Fsp3) is 0.706. The van der Waals surface area contributed by atoms with Crippen molar-refractivity contribution < 1.29 is 14.3 Å². The van der Waals surface area contributed by atoms with Crippen LogP contribution in [0.1, 0.15) is 31.9 Å². The SMILES string of the molecule is CC[SiH](CCC1CC1)C(=O)COCCNC(=O)C(N)Cc1cnc[nH]1. The third-order valence-corrected chi connectivity index (χ3v) is 7.78. The van der Waals surface area contributed by atoms with Gasteiger partial charge in [0.05, 0.1) is 19.0 Å². The lowest BCUT2D eigenvalue weighted by Crippen LogP contribution is -2.43. The molecule has 8 heteroatoms. The minimum absolute atomic E-state index is 0.186. The third kappa shape index (κ3) is 7.49. The molecule has 1 saturated carbocycles. The van der Waals surface area contributed by atoms with Gasteiger partial charge < -0.3 is 25.6 Å². The molecule has 2 unspecified atom stereocenters. The van der Waals surface area contributed by atoms with Crippen molar-refractivity contribution >= 4 is 20.1 Å². The highest BCUT2D eigenvalue weighted by atomic mass is 28.3. The second-order valence-corrected chi connectivity index (χ2v) is 10.3. The number of nitrogens with one attached hydrogen (secondary N) is 2. The summed E-state index contributed by atoms with van der Waals surface area (Å²) in [7, 11) is -1.33. The van der Waals surface area contributed by atoms with E-state index in [1.807, 2.05) is 0 Å². The molecule has 25 heavy (non-hydrogen) atoms. The van der Waals surface area contributed by atoms with E-state index in [2.05, 4.69) is 22.2 Å². The minimum Gasteiger partial charge on any atom is -0.372 e. The molecule has 0 radical (unpaired) electrons. The van der Waals surface area contributed by atoms with Crippen LogP contribution >= 0.6 is 0 Å². The van der Waals surface area contributed by atoms with Crippen LogP contribution in [0.2, 0.25) is 12.1 Å². The number of carbonyl (C=O) groups is 2. The first-order valence-corrected chi connectivity index (χ1v) is 11.4. The summed E-state index contributed by atoms with van der Waals surface area (Å²) >= 11 is 0. The van der Waals surface area contributed by atoms with E-state index >= 15 is 0 Å². The van der Waals surface area contributed by atoms with E-state index in [4.69, 9.17) is 10.5 Å². The first kappa shape index (κ1) is 19.8. The molecular formula is C17H30N4O3Si. The van der Waals surface area contributed by atoms with Gasteiger partial charge in [-0.1, -0.05) is 38.3 Å². The molecule has 0 bridgehead atoms. The van der Waals surface area contributed by atoms with Crippen LogP contribution in [0, 0.1) is 5.92 Å². The predicted molar refractivity (Wildman–Crippen MR) is 98.9 cm³/mol. The largest absolute Gasteiger partial charge is 0.372 e. The molecule has 1 fully saturated rings. The zero-order chi connectivity index (χ0) is 18.1. The van der Waals surface area contributed by atoms with E-state index in [9.17, 15) is 9.59 Å². The van der Waals surface area contributed by atoms with Crippen molar-refractivity contribution in [3.8, 4) is 0 Å². The average molecular weight is 367 g/mol. The van der Waals surface area contributed by atoms with Crippen molar-refractivity contribution in [2.75, 3.05) is 19.8 Å². The Hall–Kier alpha value is -1.51. The maximum atomic E-state index is 12.2. The number of nitrogens with two attached hydrogens (primary N) is 1. The molecule has 2 rings (SSSR count). The molecule has 2 atom stereocenters. The normalized spacial score (nSPS) is 16.4. The molecule has 1 amide bonds. The van der Waals surface area contributed by atoms with Gasteiger partial charge in [-0.3, -0.25) is 4.79 Å². The fourth-order valence-electron chi connectivity index (χ4n) is 2.83. The van der Waals surface area contributed by atoms with E-state index in [-0.39, 0.29) is 12.5 Å². The highest BCUT2D eigenvalue weighted by molar-refractivity contribution is 6.90. The molecule has 7 nitrogen and oxygen atoms in total. The smallest absolute Gasteiger partial charge is 0.237 e. The number of amides is 1. The van der Waals surface area contributed by atoms with Gasteiger partial charge in [0.25, 0.3) is 0 Å². The van der Waals surface area contributed by atoms with Crippen LogP contribution in [0.25, 0.3) is 0 Å². The molecule has 1 aromatic rings. The first-order chi connectivity index (χ1) is 12.1. The van der Waals surface area contributed by atoms with E-state index in [1.54, 1.807) is 12.5 Å². The summed E-state index contributed by atoms with van der Waals surface area (Å²) in [6.45, 7) is 3.00. The Morgan fingerprint density at radius 3 is 2.96 bits per heavy atom. The maximum Gasteiger partial charge on any atom is 0.237 e. The summed E-state index contributed by atoms with van der Waals surface area (Å²) in [4.78, 5) is 30.9. The van der Waals surface area contributed by atoms with Gasteiger partial charge in [0, 0.05) is 24.9 Å². The van der Waals surface area contributed by atoms with Crippen LogP contribution in [0.3, 0.4) is 0 Å². The quantitative estimate of drug-likeness (QED) is 0.349. The lowest BCUT2D eigenvalue weighted by atomic mass is 10.1. The number of H-pyrrole nitrogens is 1. The lowest BCUT2D eigenvalue weighted by molar-refractivity contribution is -0.122. The van der Waals surface area contributed by atoms with Gasteiger partial charge in [-0.05, 0) is 5.92 Å². The molecule has 0 aliphatic heterocycles. The summed E-state index contributed by atoms with van der Waals surface area (Å²) in [5.41, 5.74) is 6.67. The van der Waals surface area contributed by atoms with E-state index in [1.165, 1.54) is 19.3 Å². The highest BCUT2D eigenvalue weighted by Crippen LogP contribution is 2.34. The second kappa shape index (κ2) is 10.5. The van der Waals surface area contributed by atoms with Crippen LogP contribution in [0.4, 0.5) is 0 Å². The molecule has 1 heterocycles. The van der Waals surface area contributed by atoms with Crippen molar-refractivity contribution in [1.29, 1.82) is 0 Å². The van der Waals surface area contributed by atoms with E-state index < -0.39 is 14.8 Å². The Morgan fingerprint density at radius 2 is 2.32 bits per heavy atom. The van der Waals surface area contributed by atoms with Gasteiger partial charge in [0.1, 0.15) is 20.8 Å². The van der Waals surface area contributed by atoms with Gasteiger partial charge >= 0.3 is 0 Å². The summed E-state index contributed by atoms with van der Waals surface area (Å²) in [5.74, 6) is 0.659. The van der Waals surface area contributed by atoms with Gasteiger partial charge in [-0.2, -0.15) is 0 Å². The monoisotopic (exact) mass is 366 g/mol. The average Bonchev–Trinajstić information content (AvgIpc) is 3.29. The molecule has 4 N–H and O–H groups in total. The standard InChI is InChI=1S/C17H30N4O3Si/c1-2-25(8-5-13-3-4-13)16(22)11-24-7-6-20-17(23)15(18)9-14-10-19-12-21-14/h10,12-13,15,25H,2-9,11,18H2,1H3,(H,19,21)(H,20,23). The third-order valence-electron chi connectivity index (χ3n) is 4.69. The van der Waals surface area contributed by atoms with Crippen molar-refractivity contribution in [1.82, 2.24) is 15.3 Å². The number of aromatic amines is 1. The van der Waals surface area contributed by atoms with Crippen molar-refractivity contribution in [2.24, 2.45) is 11.7 Å². The summed E-state index contributed by atoms with van der Waals surface area (Å²) < 4.78 is 5.45. The number of imidazole rings is 1. The van der Waals surface area contributed by atoms with E-state index in [0.29, 0.717) is 25.0 Å². The van der Waals surface area contributed by atoms with Gasteiger partial charge in [-0.25, -0.2) is 4.98 Å². The lowest BCUT2D eigenvalue weighted by Gasteiger charge is -2.13. The number of hydrogen-bond donors (Lipinski definition) is 3. The molecule has 0 saturated heterocycles. The Kier molecular flexibility index (Phi) is 8.30. The predicted octanol–water partition coefficient (Wildman–Crippen LogP) is 0.568. The number of ether oxygens (including phenoxy) is 1. The van der Waals surface area contributed by atoms with Crippen LogP contribution in [-0.2, 0) is 20.7 Å². The van der Waals surface area contributed by atoms with Gasteiger partial charge in [-0.15, -0.1) is 0 Å². The Balaban J connectivity index is 1.53. The molecule has 1 aromatic heterocycles. The number of carbonyl (C=O) groups excluding carboxylic acids is 2. The Morgan fingerprint density at radius 1 is 1.52 bits per heavy atom. The first-order valence-electron chi connectivity index (χ1n) is 9.21. The van der Waals surface area contributed by atoms with Crippen LogP contribution in [0.15, 0.2) is 12.5 Å². The van der Waals surface area contributed by atoms with Crippen LogP contribution in [0.5, 0.6) is 0 Å². The number of aromatic nitrogens is 2. The van der Waals surface area contributed by atoms with Gasteiger partial charge in [0.2, 0.25) is 5.91 Å². The zero-order valence-electron chi connectivity index (χ0n) is 15.0. The summed E-state index contributed by atoms with van der Waals surface area (Å²) in [6, 6.07) is 1.50. The van der Waals surface area contributed by atoms with Crippen molar-refractivity contribution in [3.05, 3.63) is 18.2 Å². The Bertz CT molecular complexity index is 534.